The van der Waals surface area contributed by atoms with Gasteiger partial charge in [0.25, 0.3) is 0 Å². The third-order valence-electron chi connectivity index (χ3n) is 1.56. The Morgan fingerprint density at radius 1 is 1.54 bits per heavy atom. The highest BCUT2D eigenvalue weighted by atomic mass is 35.5. The van der Waals surface area contributed by atoms with Gasteiger partial charge >= 0.3 is 5.97 Å². The summed E-state index contributed by atoms with van der Waals surface area (Å²) in [7, 11) is 0. The molecule has 0 unspecified atom stereocenters. The Balaban J connectivity index is 2.45. The quantitative estimate of drug-likeness (QED) is 0.873. The lowest BCUT2D eigenvalue weighted by Crippen LogP contribution is -1.95. The van der Waals surface area contributed by atoms with Crippen LogP contribution in [-0.4, -0.2) is 11.1 Å². The Kier molecular flexibility index (Phi) is 4.03. The molecule has 1 heterocycles. The predicted molar refractivity (Wildman–Crippen MR) is 54.9 cm³/mol. The molecule has 1 aromatic rings. The first-order chi connectivity index (χ1) is 6.09. The molecule has 0 saturated heterocycles. The van der Waals surface area contributed by atoms with Crippen LogP contribution in [0.3, 0.4) is 0 Å². The first kappa shape index (κ1) is 10.8. The van der Waals surface area contributed by atoms with E-state index >= 15 is 0 Å². The zero-order chi connectivity index (χ0) is 9.84. The second-order valence-corrected chi connectivity index (χ2v) is 4.88. The first-order valence-corrected chi connectivity index (χ1v) is 5.32. The van der Waals surface area contributed by atoms with Crippen LogP contribution in [0.5, 0.6) is 0 Å². The maximum Gasteiger partial charge on any atom is 0.303 e. The van der Waals surface area contributed by atoms with E-state index in [2.05, 4.69) is 0 Å². The van der Waals surface area contributed by atoms with Gasteiger partial charge < -0.3 is 5.11 Å². The van der Waals surface area contributed by atoms with Gasteiger partial charge in [-0.25, -0.2) is 0 Å². The molecule has 0 saturated carbocycles. The topological polar surface area (TPSA) is 37.3 Å². The molecule has 0 spiro atoms. The fourth-order valence-corrected chi connectivity index (χ4v) is 2.52. The van der Waals surface area contributed by atoms with Gasteiger partial charge in [0, 0.05) is 6.42 Å². The molecule has 1 N–H and O–H groups in total. The van der Waals surface area contributed by atoms with E-state index in [9.17, 15) is 4.79 Å². The monoisotopic (exact) mass is 238 g/mol. The highest BCUT2D eigenvalue weighted by molar-refractivity contribution is 7.20. The largest absolute Gasteiger partial charge is 0.481 e. The molecule has 0 radical (unpaired) electrons. The lowest BCUT2D eigenvalue weighted by molar-refractivity contribution is -0.137. The van der Waals surface area contributed by atoms with Crippen LogP contribution in [0.25, 0.3) is 0 Å². The zero-order valence-corrected chi connectivity index (χ0v) is 9.05. The van der Waals surface area contributed by atoms with E-state index in [0.29, 0.717) is 21.5 Å². The highest BCUT2D eigenvalue weighted by Crippen LogP contribution is 2.31. The zero-order valence-electron chi connectivity index (χ0n) is 6.72. The normalized spacial score (nSPS) is 10.3. The molecule has 0 aromatic carbocycles. The Hall–Kier alpha value is -0.250. The average molecular weight is 239 g/mol. The molecule has 5 heteroatoms. The molecule has 1 rings (SSSR count). The van der Waals surface area contributed by atoms with Gasteiger partial charge in [-0.3, -0.25) is 4.79 Å². The molecular formula is C8H8Cl2O2S. The number of rotatable bonds is 4. The lowest BCUT2D eigenvalue weighted by Gasteiger charge is -1.95. The fraction of sp³-hybridized carbons (Fsp3) is 0.375. The van der Waals surface area contributed by atoms with Crippen LogP contribution in [0.15, 0.2) is 6.07 Å². The smallest absolute Gasteiger partial charge is 0.303 e. The summed E-state index contributed by atoms with van der Waals surface area (Å²) in [5.74, 6) is -0.780. The van der Waals surface area contributed by atoms with E-state index in [-0.39, 0.29) is 6.42 Å². The second-order valence-electron chi connectivity index (χ2n) is 2.60. The first-order valence-electron chi connectivity index (χ1n) is 3.75. The summed E-state index contributed by atoms with van der Waals surface area (Å²) in [6, 6.07) is 1.79. The summed E-state index contributed by atoms with van der Waals surface area (Å²) < 4.78 is 1.31. The molecule has 72 valence electrons. The van der Waals surface area contributed by atoms with Gasteiger partial charge in [-0.1, -0.05) is 23.2 Å². The van der Waals surface area contributed by atoms with Gasteiger partial charge in [0.05, 0.1) is 8.67 Å². The van der Waals surface area contributed by atoms with Crippen molar-refractivity contribution in [2.45, 2.75) is 19.3 Å². The van der Waals surface area contributed by atoms with Crippen molar-refractivity contribution in [3.63, 3.8) is 0 Å². The lowest BCUT2D eigenvalue weighted by atomic mass is 10.1. The van der Waals surface area contributed by atoms with E-state index < -0.39 is 5.97 Å². The Labute approximate surface area is 90.1 Å². The van der Waals surface area contributed by atoms with Crippen LogP contribution < -0.4 is 0 Å². The SMILES string of the molecule is O=C(O)CCCc1cc(Cl)sc1Cl. The van der Waals surface area contributed by atoms with Gasteiger partial charge in [0.15, 0.2) is 0 Å². The van der Waals surface area contributed by atoms with Crippen LogP contribution >= 0.6 is 34.5 Å². The summed E-state index contributed by atoms with van der Waals surface area (Å²) in [5, 5.41) is 8.41. The van der Waals surface area contributed by atoms with E-state index in [1.807, 2.05) is 0 Å². The summed E-state index contributed by atoms with van der Waals surface area (Å²) in [6.07, 6.45) is 1.44. The molecule has 13 heavy (non-hydrogen) atoms. The molecule has 0 fully saturated rings. The number of aryl methyl sites for hydroxylation is 1. The third kappa shape index (κ3) is 3.55. The predicted octanol–water partition coefficient (Wildman–Crippen LogP) is 3.46. The van der Waals surface area contributed by atoms with Gasteiger partial charge in [-0.15, -0.1) is 11.3 Å². The number of carboxylic acid groups (broad SMARTS) is 1. The summed E-state index contributed by atoms with van der Waals surface area (Å²) in [4.78, 5) is 10.2. The number of hydrogen-bond donors (Lipinski definition) is 1. The maximum atomic E-state index is 10.2. The minimum atomic E-state index is -0.780. The van der Waals surface area contributed by atoms with Crippen LogP contribution in [0, 0.1) is 0 Å². The molecular weight excluding hydrogens is 231 g/mol. The van der Waals surface area contributed by atoms with E-state index in [1.54, 1.807) is 6.07 Å². The molecule has 0 bridgehead atoms. The average Bonchev–Trinajstić information content (AvgIpc) is 2.29. The number of carbonyl (C=O) groups is 1. The van der Waals surface area contributed by atoms with Crippen molar-refractivity contribution >= 4 is 40.5 Å². The van der Waals surface area contributed by atoms with Crippen molar-refractivity contribution in [1.82, 2.24) is 0 Å². The van der Waals surface area contributed by atoms with Crippen molar-refractivity contribution in [3.05, 3.63) is 20.3 Å². The fourth-order valence-electron chi connectivity index (χ4n) is 0.975. The van der Waals surface area contributed by atoms with Crippen molar-refractivity contribution in [3.8, 4) is 0 Å². The van der Waals surface area contributed by atoms with Gasteiger partial charge in [-0.05, 0) is 24.5 Å². The second kappa shape index (κ2) is 4.84. The van der Waals surface area contributed by atoms with Crippen LogP contribution in [0.4, 0.5) is 0 Å². The van der Waals surface area contributed by atoms with Crippen molar-refractivity contribution in [2.75, 3.05) is 0 Å². The van der Waals surface area contributed by atoms with Crippen molar-refractivity contribution < 1.29 is 9.90 Å². The minimum absolute atomic E-state index is 0.170. The van der Waals surface area contributed by atoms with Gasteiger partial charge in [0.1, 0.15) is 0 Å². The summed E-state index contributed by atoms with van der Waals surface area (Å²) in [6.45, 7) is 0. The standard InChI is InChI=1S/C8H8Cl2O2S/c9-6-4-5(8(10)13-6)2-1-3-7(11)12/h4H,1-3H2,(H,11,12). The minimum Gasteiger partial charge on any atom is -0.481 e. The number of thiophene rings is 1. The van der Waals surface area contributed by atoms with Crippen LogP contribution in [0.1, 0.15) is 18.4 Å². The van der Waals surface area contributed by atoms with Crippen molar-refractivity contribution in [1.29, 1.82) is 0 Å². The van der Waals surface area contributed by atoms with Crippen LogP contribution in [0.2, 0.25) is 8.67 Å². The van der Waals surface area contributed by atoms with E-state index in [4.69, 9.17) is 28.3 Å². The molecule has 0 aliphatic rings. The molecule has 0 aliphatic carbocycles. The van der Waals surface area contributed by atoms with Gasteiger partial charge in [-0.2, -0.15) is 0 Å². The van der Waals surface area contributed by atoms with Crippen LogP contribution in [-0.2, 0) is 11.2 Å². The number of halogens is 2. The molecule has 0 aliphatic heterocycles. The Bertz CT molecular complexity index is 309. The number of hydrogen-bond acceptors (Lipinski definition) is 2. The Morgan fingerprint density at radius 3 is 2.69 bits per heavy atom. The summed E-state index contributed by atoms with van der Waals surface area (Å²) in [5.41, 5.74) is 0.943. The van der Waals surface area contributed by atoms with E-state index in [0.717, 1.165) is 5.56 Å². The third-order valence-corrected chi connectivity index (χ3v) is 3.13. The number of carboxylic acids is 1. The molecule has 1 aromatic heterocycles. The van der Waals surface area contributed by atoms with Gasteiger partial charge in [0.2, 0.25) is 0 Å². The summed E-state index contributed by atoms with van der Waals surface area (Å²) >= 11 is 12.9. The Morgan fingerprint density at radius 2 is 2.23 bits per heavy atom. The van der Waals surface area contributed by atoms with E-state index in [1.165, 1.54) is 11.3 Å². The maximum absolute atomic E-state index is 10.2. The number of aliphatic carboxylic acids is 1. The van der Waals surface area contributed by atoms with Crippen molar-refractivity contribution in [2.24, 2.45) is 0 Å². The molecule has 0 amide bonds. The molecule has 0 atom stereocenters. The highest BCUT2D eigenvalue weighted by Gasteiger charge is 2.06. The molecule has 2 nitrogen and oxygen atoms in total.